The van der Waals surface area contributed by atoms with Gasteiger partial charge in [0, 0.05) is 9.90 Å². The number of aryl methyl sites for hydroxylation is 1. The highest BCUT2D eigenvalue weighted by molar-refractivity contribution is 7.18. The summed E-state index contributed by atoms with van der Waals surface area (Å²) in [7, 11) is 0. The van der Waals surface area contributed by atoms with E-state index in [0.29, 0.717) is 10.8 Å². The number of fused-ring (bicyclic) bond motifs is 1. The minimum absolute atomic E-state index is 0.245. The number of aromatic nitrogens is 2. The van der Waals surface area contributed by atoms with E-state index in [2.05, 4.69) is 20.7 Å². The second-order valence-electron chi connectivity index (χ2n) is 4.37. The molecule has 0 bridgehead atoms. The SMILES string of the molecule is Cc1cc2c(Nc3cc(Cl)ccc3F)nc(NN)nc2s1. The number of anilines is 3. The summed E-state index contributed by atoms with van der Waals surface area (Å²) in [5.41, 5.74) is 2.65. The summed E-state index contributed by atoms with van der Waals surface area (Å²) in [4.78, 5) is 10.3. The van der Waals surface area contributed by atoms with Gasteiger partial charge in [-0.1, -0.05) is 11.6 Å². The maximum Gasteiger partial charge on any atom is 0.240 e. The summed E-state index contributed by atoms with van der Waals surface area (Å²) in [5, 5.41) is 4.18. The average molecular weight is 324 g/mol. The van der Waals surface area contributed by atoms with E-state index in [-0.39, 0.29) is 11.6 Å². The van der Waals surface area contributed by atoms with E-state index in [1.807, 2.05) is 13.0 Å². The van der Waals surface area contributed by atoms with E-state index >= 15 is 0 Å². The second-order valence-corrected chi connectivity index (χ2v) is 6.04. The zero-order valence-corrected chi connectivity index (χ0v) is 12.5. The van der Waals surface area contributed by atoms with Crippen molar-refractivity contribution in [3.05, 3.63) is 40.0 Å². The van der Waals surface area contributed by atoms with Crippen LogP contribution >= 0.6 is 22.9 Å². The van der Waals surface area contributed by atoms with Crippen LogP contribution in [-0.2, 0) is 0 Å². The molecule has 8 heteroatoms. The summed E-state index contributed by atoms with van der Waals surface area (Å²) < 4.78 is 13.8. The van der Waals surface area contributed by atoms with Gasteiger partial charge in [-0.05, 0) is 31.2 Å². The fourth-order valence-electron chi connectivity index (χ4n) is 1.92. The van der Waals surface area contributed by atoms with E-state index in [4.69, 9.17) is 17.4 Å². The maximum absolute atomic E-state index is 13.8. The zero-order valence-electron chi connectivity index (χ0n) is 10.9. The third kappa shape index (κ3) is 2.76. The number of benzene rings is 1. The Hall–Kier alpha value is -1.96. The van der Waals surface area contributed by atoms with Crippen molar-refractivity contribution < 1.29 is 4.39 Å². The van der Waals surface area contributed by atoms with Gasteiger partial charge in [0.15, 0.2) is 0 Å². The average Bonchev–Trinajstić information content (AvgIpc) is 2.83. The molecule has 1 aromatic carbocycles. The molecule has 0 aliphatic heterocycles. The van der Waals surface area contributed by atoms with E-state index < -0.39 is 5.82 Å². The first-order valence-corrected chi connectivity index (χ1v) is 7.23. The van der Waals surface area contributed by atoms with E-state index in [1.165, 1.54) is 29.5 Å². The van der Waals surface area contributed by atoms with Crippen LogP contribution in [0, 0.1) is 12.7 Å². The van der Waals surface area contributed by atoms with Gasteiger partial charge in [0.2, 0.25) is 5.95 Å². The number of nitrogens with zero attached hydrogens (tertiary/aromatic N) is 2. The van der Waals surface area contributed by atoms with E-state index in [0.717, 1.165) is 15.1 Å². The van der Waals surface area contributed by atoms with Crippen LogP contribution < -0.4 is 16.6 Å². The van der Waals surface area contributed by atoms with Gasteiger partial charge in [-0.2, -0.15) is 4.98 Å². The number of hydrogen-bond donors (Lipinski definition) is 3. The lowest BCUT2D eigenvalue weighted by Crippen LogP contribution is -2.11. The van der Waals surface area contributed by atoms with Crippen LogP contribution in [0.25, 0.3) is 10.2 Å². The summed E-state index contributed by atoms with van der Waals surface area (Å²) >= 11 is 7.40. The Labute approximate surface area is 128 Å². The molecule has 5 nitrogen and oxygen atoms in total. The first-order chi connectivity index (χ1) is 10.1. The molecule has 0 spiro atoms. The van der Waals surface area contributed by atoms with Crippen LogP contribution in [0.5, 0.6) is 0 Å². The molecule has 3 rings (SSSR count). The Balaban J connectivity index is 2.12. The Bertz CT molecular complexity index is 820. The van der Waals surface area contributed by atoms with Crippen LogP contribution in [0.3, 0.4) is 0 Å². The Morgan fingerprint density at radius 3 is 2.86 bits per heavy atom. The highest BCUT2D eigenvalue weighted by Gasteiger charge is 2.12. The molecule has 21 heavy (non-hydrogen) atoms. The summed E-state index contributed by atoms with van der Waals surface area (Å²) in [5.74, 6) is 5.68. The highest BCUT2D eigenvalue weighted by Crippen LogP contribution is 2.32. The first-order valence-electron chi connectivity index (χ1n) is 6.03. The van der Waals surface area contributed by atoms with Crippen molar-refractivity contribution in [1.29, 1.82) is 0 Å². The van der Waals surface area contributed by atoms with Gasteiger partial charge in [-0.25, -0.2) is 15.2 Å². The molecule has 0 atom stereocenters. The molecule has 0 aliphatic rings. The second kappa shape index (κ2) is 5.44. The molecule has 4 N–H and O–H groups in total. The van der Waals surface area contributed by atoms with Gasteiger partial charge in [0.1, 0.15) is 16.5 Å². The summed E-state index contributed by atoms with van der Waals surface area (Å²) in [6.45, 7) is 1.96. The number of halogens is 2. The van der Waals surface area contributed by atoms with Crippen molar-refractivity contribution >= 4 is 50.6 Å². The molecule has 0 amide bonds. The highest BCUT2D eigenvalue weighted by atomic mass is 35.5. The lowest BCUT2D eigenvalue weighted by Gasteiger charge is -2.09. The number of nitrogens with two attached hydrogens (primary N) is 1. The molecule has 0 fully saturated rings. The van der Waals surface area contributed by atoms with Gasteiger partial charge in [0.25, 0.3) is 0 Å². The van der Waals surface area contributed by atoms with Crippen molar-refractivity contribution in [2.75, 3.05) is 10.7 Å². The molecule has 2 aromatic heterocycles. The van der Waals surface area contributed by atoms with Gasteiger partial charge >= 0.3 is 0 Å². The number of nitrogen functional groups attached to an aromatic ring is 1. The lowest BCUT2D eigenvalue weighted by atomic mass is 10.3. The van der Waals surface area contributed by atoms with Crippen LogP contribution in [-0.4, -0.2) is 9.97 Å². The van der Waals surface area contributed by atoms with Crippen LogP contribution in [0.1, 0.15) is 4.88 Å². The molecular formula is C13H11ClFN5S. The van der Waals surface area contributed by atoms with Crippen LogP contribution in [0.2, 0.25) is 5.02 Å². The summed E-state index contributed by atoms with van der Waals surface area (Å²) in [6.07, 6.45) is 0. The Morgan fingerprint density at radius 2 is 2.10 bits per heavy atom. The molecular weight excluding hydrogens is 313 g/mol. The zero-order chi connectivity index (χ0) is 15.0. The molecule has 0 saturated heterocycles. The number of hydrazine groups is 1. The van der Waals surface area contributed by atoms with Crippen molar-refractivity contribution in [3.8, 4) is 0 Å². The number of nitrogens with one attached hydrogen (secondary N) is 2. The summed E-state index contributed by atoms with van der Waals surface area (Å²) in [6, 6.07) is 6.22. The fraction of sp³-hybridized carbons (Fsp3) is 0.0769. The Kier molecular flexibility index (Phi) is 3.62. The van der Waals surface area contributed by atoms with Crippen molar-refractivity contribution in [2.24, 2.45) is 5.84 Å². The van der Waals surface area contributed by atoms with Gasteiger partial charge < -0.3 is 5.32 Å². The molecule has 0 unspecified atom stereocenters. The lowest BCUT2D eigenvalue weighted by molar-refractivity contribution is 0.632. The third-order valence-corrected chi connectivity index (χ3v) is 4.01. The van der Waals surface area contributed by atoms with E-state index in [1.54, 1.807) is 0 Å². The standard InChI is InChI=1S/C13H11ClFN5S/c1-6-4-8-11(18-13(20-16)19-12(8)21-6)17-10-5-7(14)2-3-9(10)15/h2-5H,16H2,1H3,(H2,17,18,19,20). The molecule has 2 heterocycles. The molecule has 0 radical (unpaired) electrons. The number of rotatable bonds is 3. The van der Waals surface area contributed by atoms with Crippen LogP contribution in [0.4, 0.5) is 21.8 Å². The minimum atomic E-state index is -0.416. The molecule has 0 aliphatic carbocycles. The first kappa shape index (κ1) is 14.0. The van der Waals surface area contributed by atoms with Crippen molar-refractivity contribution in [3.63, 3.8) is 0 Å². The molecule has 0 saturated carbocycles. The Morgan fingerprint density at radius 1 is 1.29 bits per heavy atom. The maximum atomic E-state index is 13.8. The fourth-order valence-corrected chi connectivity index (χ4v) is 2.97. The molecule has 108 valence electrons. The van der Waals surface area contributed by atoms with Gasteiger partial charge in [0.05, 0.1) is 11.1 Å². The van der Waals surface area contributed by atoms with E-state index in [9.17, 15) is 4.39 Å². The largest absolute Gasteiger partial charge is 0.337 e. The molecule has 3 aromatic rings. The number of thiophene rings is 1. The van der Waals surface area contributed by atoms with Crippen LogP contribution in [0.15, 0.2) is 24.3 Å². The quantitative estimate of drug-likeness (QED) is 0.504. The topological polar surface area (TPSA) is 75.9 Å². The van der Waals surface area contributed by atoms with Crippen molar-refractivity contribution in [2.45, 2.75) is 6.92 Å². The minimum Gasteiger partial charge on any atom is -0.337 e. The predicted molar refractivity (Wildman–Crippen MR) is 84.7 cm³/mol. The normalized spacial score (nSPS) is 10.9. The smallest absolute Gasteiger partial charge is 0.240 e. The monoisotopic (exact) mass is 323 g/mol. The number of hydrogen-bond acceptors (Lipinski definition) is 6. The third-order valence-electron chi connectivity index (χ3n) is 2.83. The van der Waals surface area contributed by atoms with Gasteiger partial charge in [-0.15, -0.1) is 11.3 Å². The van der Waals surface area contributed by atoms with Gasteiger partial charge in [-0.3, -0.25) is 5.43 Å². The predicted octanol–water partition coefficient (Wildman–Crippen LogP) is 3.82. The van der Waals surface area contributed by atoms with Crippen molar-refractivity contribution in [1.82, 2.24) is 9.97 Å².